The van der Waals surface area contributed by atoms with Gasteiger partial charge in [0.1, 0.15) is 18.8 Å². The number of ether oxygens (including phenoxy) is 2. The van der Waals surface area contributed by atoms with Crippen LogP contribution in [0.25, 0.3) is 0 Å². The van der Waals surface area contributed by atoms with Crippen molar-refractivity contribution < 1.29 is 29.0 Å². The molecule has 1 aliphatic heterocycles. The fourth-order valence-corrected chi connectivity index (χ4v) is 3.60. The number of carboxylic acid groups (broad SMARTS) is 1. The number of hydrogen-bond acceptors (Lipinski definition) is 7. The lowest BCUT2D eigenvalue weighted by molar-refractivity contribution is -0.154. The van der Waals surface area contributed by atoms with Gasteiger partial charge in [-0.1, -0.05) is 48.5 Å². The number of aliphatic carboxylic acids is 1. The molecule has 9 nitrogen and oxygen atoms in total. The molecular formula is C24H29N3O6. The SMILES string of the molecule is CC(C)(C)OC(=O)CN1c2ccccc2[C@H](CCC(=O)O)N1NC(=O)OCc1ccccc1. The molecule has 2 aromatic rings. The Bertz CT molecular complexity index is 989. The standard InChI is InChI=1S/C24H29N3O6/c1-24(2,3)33-22(30)15-26-19-12-8-7-11-18(19)20(13-14-21(28)29)27(26)25-23(31)32-16-17-9-5-4-6-10-17/h4-12,20H,13-16H2,1-3H3,(H,25,31)(H,28,29)/t20-/m0/s1. The average Bonchev–Trinajstić information content (AvgIpc) is 3.02. The minimum Gasteiger partial charge on any atom is -0.481 e. The molecule has 0 radical (unpaired) electrons. The summed E-state index contributed by atoms with van der Waals surface area (Å²) in [5, 5.41) is 12.3. The second-order valence-electron chi connectivity index (χ2n) is 8.67. The molecule has 0 saturated heterocycles. The van der Waals surface area contributed by atoms with E-state index < -0.39 is 29.7 Å². The van der Waals surface area contributed by atoms with Gasteiger partial charge in [0, 0.05) is 6.42 Å². The van der Waals surface area contributed by atoms with Crippen molar-refractivity contribution in [3.8, 4) is 0 Å². The Morgan fingerprint density at radius 2 is 1.70 bits per heavy atom. The topological polar surface area (TPSA) is 108 Å². The van der Waals surface area contributed by atoms with E-state index in [4.69, 9.17) is 9.47 Å². The van der Waals surface area contributed by atoms with Gasteiger partial charge in [0.05, 0.1) is 11.7 Å². The maximum Gasteiger partial charge on any atom is 0.423 e. The van der Waals surface area contributed by atoms with E-state index in [0.29, 0.717) is 5.69 Å². The normalized spacial score (nSPS) is 15.6. The predicted octanol–water partition coefficient (Wildman–Crippen LogP) is 3.81. The van der Waals surface area contributed by atoms with Gasteiger partial charge < -0.3 is 14.6 Å². The fraction of sp³-hybridized carbons (Fsp3) is 0.375. The summed E-state index contributed by atoms with van der Waals surface area (Å²) >= 11 is 0. The van der Waals surface area contributed by atoms with Gasteiger partial charge in [-0.15, -0.1) is 5.12 Å². The molecule has 0 spiro atoms. The highest BCUT2D eigenvalue weighted by molar-refractivity contribution is 5.78. The first kappa shape index (κ1) is 24.1. The predicted molar refractivity (Wildman–Crippen MR) is 121 cm³/mol. The number of fused-ring (bicyclic) bond motifs is 1. The van der Waals surface area contributed by atoms with Crippen LogP contribution in [-0.2, 0) is 25.7 Å². The van der Waals surface area contributed by atoms with Crippen molar-refractivity contribution in [1.29, 1.82) is 0 Å². The molecule has 0 aromatic heterocycles. The molecular weight excluding hydrogens is 426 g/mol. The van der Waals surface area contributed by atoms with Crippen LogP contribution in [0.4, 0.5) is 10.5 Å². The number of esters is 1. The van der Waals surface area contributed by atoms with Crippen molar-refractivity contribution in [1.82, 2.24) is 10.5 Å². The molecule has 33 heavy (non-hydrogen) atoms. The van der Waals surface area contributed by atoms with Crippen molar-refractivity contribution in [2.75, 3.05) is 11.6 Å². The number of carbonyl (C=O) groups excluding carboxylic acids is 2. The lowest BCUT2D eigenvalue weighted by atomic mass is 10.0. The number of rotatable bonds is 8. The summed E-state index contributed by atoms with van der Waals surface area (Å²) in [4.78, 5) is 36.5. The number of amides is 1. The smallest absolute Gasteiger partial charge is 0.423 e. The first-order valence-electron chi connectivity index (χ1n) is 10.7. The lowest BCUT2D eigenvalue weighted by Crippen LogP contribution is -2.53. The van der Waals surface area contributed by atoms with Gasteiger partial charge in [0.25, 0.3) is 0 Å². The highest BCUT2D eigenvalue weighted by Gasteiger charge is 2.39. The highest BCUT2D eigenvalue weighted by atomic mass is 16.6. The number of hydrazine groups is 2. The Labute approximate surface area is 192 Å². The Hall–Kier alpha value is -3.59. The summed E-state index contributed by atoms with van der Waals surface area (Å²) in [5.74, 6) is -1.44. The van der Waals surface area contributed by atoms with Crippen LogP contribution in [0.2, 0.25) is 0 Å². The number of para-hydroxylation sites is 1. The number of carbonyl (C=O) groups is 3. The third-order valence-corrected chi connectivity index (χ3v) is 4.88. The number of nitrogens with zero attached hydrogens (tertiary/aromatic N) is 2. The van der Waals surface area contributed by atoms with Gasteiger partial charge in [-0.25, -0.2) is 10.2 Å². The van der Waals surface area contributed by atoms with Crippen molar-refractivity contribution >= 4 is 23.7 Å². The number of nitrogens with one attached hydrogen (secondary N) is 1. The zero-order valence-electron chi connectivity index (χ0n) is 19.0. The lowest BCUT2D eigenvalue weighted by Gasteiger charge is -2.33. The molecule has 9 heteroatoms. The number of anilines is 1. The molecule has 1 aliphatic rings. The van der Waals surface area contributed by atoms with E-state index in [9.17, 15) is 19.5 Å². The Kier molecular flexibility index (Phi) is 7.55. The molecule has 2 N–H and O–H groups in total. The van der Waals surface area contributed by atoms with Crippen LogP contribution in [-0.4, -0.2) is 40.4 Å². The second-order valence-corrected chi connectivity index (χ2v) is 8.67. The third-order valence-electron chi connectivity index (χ3n) is 4.88. The van der Waals surface area contributed by atoms with Gasteiger partial charge in [-0.05, 0) is 44.4 Å². The molecule has 0 unspecified atom stereocenters. The third kappa shape index (κ3) is 6.69. The number of hydrogen-bond donors (Lipinski definition) is 2. The molecule has 2 aromatic carbocycles. The average molecular weight is 456 g/mol. The van der Waals surface area contributed by atoms with Crippen LogP contribution in [0.15, 0.2) is 54.6 Å². The summed E-state index contributed by atoms with van der Waals surface area (Å²) in [6.45, 7) is 5.22. The molecule has 1 atom stereocenters. The van der Waals surface area contributed by atoms with E-state index in [1.54, 1.807) is 25.8 Å². The van der Waals surface area contributed by atoms with E-state index in [-0.39, 0.29) is 26.0 Å². The van der Waals surface area contributed by atoms with Crippen LogP contribution in [0.3, 0.4) is 0 Å². The van der Waals surface area contributed by atoms with Crippen LogP contribution in [0.5, 0.6) is 0 Å². The zero-order chi connectivity index (χ0) is 24.0. The molecule has 0 aliphatic carbocycles. The van der Waals surface area contributed by atoms with Crippen LogP contribution in [0.1, 0.15) is 50.8 Å². The summed E-state index contributed by atoms with van der Waals surface area (Å²) in [6, 6.07) is 16.0. The fourth-order valence-electron chi connectivity index (χ4n) is 3.60. The van der Waals surface area contributed by atoms with Gasteiger partial charge in [-0.2, -0.15) is 0 Å². The van der Waals surface area contributed by atoms with E-state index in [1.165, 1.54) is 5.12 Å². The maximum absolute atomic E-state index is 12.6. The quantitative estimate of drug-likeness (QED) is 0.579. The van der Waals surface area contributed by atoms with Crippen LogP contribution >= 0.6 is 0 Å². The van der Waals surface area contributed by atoms with Crippen molar-refractivity contribution in [2.45, 2.75) is 51.9 Å². The molecule has 0 saturated carbocycles. The van der Waals surface area contributed by atoms with Crippen LogP contribution < -0.4 is 10.4 Å². The van der Waals surface area contributed by atoms with Crippen LogP contribution in [0, 0.1) is 0 Å². The summed E-state index contributed by atoms with van der Waals surface area (Å²) in [5.41, 5.74) is 4.31. The van der Waals surface area contributed by atoms with E-state index in [0.717, 1.165) is 11.1 Å². The second kappa shape index (κ2) is 10.4. The summed E-state index contributed by atoms with van der Waals surface area (Å²) < 4.78 is 10.8. The van der Waals surface area contributed by atoms with E-state index in [2.05, 4.69) is 5.43 Å². The Morgan fingerprint density at radius 1 is 1.03 bits per heavy atom. The molecule has 1 amide bonds. The van der Waals surface area contributed by atoms with Crippen molar-refractivity contribution in [3.05, 3.63) is 65.7 Å². The molecule has 0 bridgehead atoms. The minimum atomic E-state index is -0.954. The van der Waals surface area contributed by atoms with E-state index >= 15 is 0 Å². The molecule has 176 valence electrons. The monoisotopic (exact) mass is 455 g/mol. The zero-order valence-corrected chi connectivity index (χ0v) is 19.0. The first-order valence-corrected chi connectivity index (χ1v) is 10.7. The Morgan fingerprint density at radius 3 is 2.36 bits per heavy atom. The molecule has 3 rings (SSSR count). The number of carboxylic acids is 1. The van der Waals surface area contributed by atoms with Gasteiger partial charge in [0.2, 0.25) is 0 Å². The molecule has 1 heterocycles. The van der Waals surface area contributed by atoms with Crippen molar-refractivity contribution in [3.63, 3.8) is 0 Å². The molecule has 0 fully saturated rings. The summed E-state index contributed by atoms with van der Waals surface area (Å²) in [7, 11) is 0. The summed E-state index contributed by atoms with van der Waals surface area (Å²) in [6.07, 6.45) is -0.617. The largest absolute Gasteiger partial charge is 0.481 e. The maximum atomic E-state index is 12.6. The van der Waals surface area contributed by atoms with Gasteiger partial charge >= 0.3 is 18.0 Å². The Balaban J connectivity index is 1.81. The van der Waals surface area contributed by atoms with Crippen molar-refractivity contribution in [2.24, 2.45) is 0 Å². The highest BCUT2D eigenvalue weighted by Crippen LogP contribution is 2.41. The van der Waals surface area contributed by atoms with Gasteiger partial charge in [0.15, 0.2) is 0 Å². The number of benzene rings is 2. The van der Waals surface area contributed by atoms with Gasteiger partial charge in [-0.3, -0.25) is 14.6 Å². The van der Waals surface area contributed by atoms with E-state index in [1.807, 2.05) is 54.6 Å². The first-order chi connectivity index (χ1) is 15.6. The minimum absolute atomic E-state index is 0.0688.